The summed E-state index contributed by atoms with van der Waals surface area (Å²) >= 11 is 2.08. The number of carboxylic acids is 2. The van der Waals surface area contributed by atoms with E-state index in [1.54, 1.807) is 0 Å². The second-order valence-electron chi connectivity index (χ2n) is 8.04. The van der Waals surface area contributed by atoms with Crippen LogP contribution in [-0.4, -0.2) is 86.1 Å². The molecule has 43 heavy (non-hydrogen) atoms. The monoisotopic (exact) mass is 657 g/mol. The number of anilines is 1. The minimum Gasteiger partial charge on any atom is -0.489 e. The van der Waals surface area contributed by atoms with Crippen LogP contribution < -0.4 is 15.8 Å². The Balaban J connectivity index is 0.000000646. The molecule has 2 amide bonds. The van der Waals surface area contributed by atoms with Gasteiger partial charge in [0.15, 0.2) is 10.8 Å². The van der Waals surface area contributed by atoms with E-state index in [1.165, 1.54) is 23.6 Å². The Morgan fingerprint density at radius 2 is 1.93 bits per heavy atom. The van der Waals surface area contributed by atoms with Crippen molar-refractivity contribution < 1.29 is 65.3 Å². The second-order valence-corrected chi connectivity index (χ2v) is 10.0. The van der Waals surface area contributed by atoms with Crippen LogP contribution in [0.15, 0.2) is 46.1 Å². The van der Waals surface area contributed by atoms with Gasteiger partial charge in [-0.1, -0.05) is 11.2 Å². The molecule has 5 N–H and O–H groups in total. The van der Waals surface area contributed by atoms with E-state index < -0.39 is 59.5 Å². The molecule has 2 aliphatic heterocycles. The van der Waals surface area contributed by atoms with Crippen molar-refractivity contribution in [2.45, 2.75) is 24.2 Å². The third kappa shape index (κ3) is 8.28. The number of nitrogens with one attached hydrogen (secondary N) is 1. The minimum absolute atomic E-state index is 0.0421. The van der Waals surface area contributed by atoms with E-state index in [0.29, 0.717) is 0 Å². The first-order valence-corrected chi connectivity index (χ1v) is 13.2. The van der Waals surface area contributed by atoms with Crippen molar-refractivity contribution in [3.63, 3.8) is 0 Å². The number of hydrogen-bond donors (Lipinski definition) is 4. The largest absolute Gasteiger partial charge is 0.490 e. The summed E-state index contributed by atoms with van der Waals surface area (Å²) in [5.41, 5.74) is 4.72. The summed E-state index contributed by atoms with van der Waals surface area (Å²) in [5.74, 6) is -6.14. The molecule has 1 fully saturated rings. The van der Waals surface area contributed by atoms with Crippen LogP contribution in [0.25, 0.3) is 0 Å². The Hall–Kier alpha value is -4.53. The molecule has 3 heterocycles. The maximum Gasteiger partial charge on any atom is 0.490 e. The van der Waals surface area contributed by atoms with Gasteiger partial charge in [-0.3, -0.25) is 14.5 Å². The van der Waals surface area contributed by atoms with E-state index in [2.05, 4.69) is 20.3 Å². The number of ether oxygens (including phenoxy) is 1. The number of aliphatic carboxylic acids is 2. The van der Waals surface area contributed by atoms with E-state index in [1.807, 2.05) is 0 Å². The molecule has 4 rings (SSSR count). The van der Waals surface area contributed by atoms with Crippen LogP contribution in [0, 0.1) is 5.82 Å². The summed E-state index contributed by atoms with van der Waals surface area (Å²) in [6, 6.07) is 4.11. The Morgan fingerprint density at radius 1 is 1.26 bits per heavy atom. The van der Waals surface area contributed by atoms with Crippen molar-refractivity contribution in [3.05, 3.63) is 52.4 Å². The molecule has 2 aromatic rings. The van der Waals surface area contributed by atoms with Crippen LogP contribution in [0.4, 0.5) is 31.5 Å². The van der Waals surface area contributed by atoms with Gasteiger partial charge < -0.3 is 30.8 Å². The molecule has 0 spiro atoms. The molecule has 21 heteroatoms. The highest BCUT2D eigenvalue weighted by molar-refractivity contribution is 8.00. The van der Waals surface area contributed by atoms with Crippen LogP contribution in [-0.2, 0) is 24.0 Å². The highest BCUT2D eigenvalue weighted by Crippen LogP contribution is 2.40. The van der Waals surface area contributed by atoms with Crippen molar-refractivity contribution in [3.8, 4) is 5.75 Å². The molecule has 2 atom stereocenters. The number of aromatic nitrogens is 1. The van der Waals surface area contributed by atoms with Crippen LogP contribution >= 0.6 is 23.1 Å². The fraction of sp³-hybridized carbons (Fsp3) is 0.273. The number of nitrogens with two attached hydrogens (primary N) is 1. The number of carbonyl (C=O) groups excluding carboxylic acids is 2. The third-order valence-corrected chi connectivity index (χ3v) is 7.20. The first kappa shape index (κ1) is 33.0. The van der Waals surface area contributed by atoms with Gasteiger partial charge in [0.2, 0.25) is 0 Å². The molecule has 1 aromatic carbocycles. The van der Waals surface area contributed by atoms with Crippen molar-refractivity contribution in [2.75, 3.05) is 18.1 Å². The van der Waals surface area contributed by atoms with Gasteiger partial charge in [-0.25, -0.2) is 19.0 Å². The third-order valence-electron chi connectivity index (χ3n) is 5.19. The van der Waals surface area contributed by atoms with Crippen LogP contribution in [0.2, 0.25) is 0 Å². The van der Waals surface area contributed by atoms with Gasteiger partial charge >= 0.3 is 24.7 Å². The van der Waals surface area contributed by atoms with Gasteiger partial charge in [0.05, 0.1) is 0 Å². The standard InChI is InChI=1S/C20H16F3N5O6S2.C2HF3O2/c21-9-2-1-3-10(4-9)33-5-8-6-35-17-13(16(30)28(17)14(8)18(31)32)26-15(29)12(27-34-19(22)23)11-7-36-20(24)25-11;3-2(4,5)1(6)7/h1-4,7,13,17,19H,5-6H2,(H2,24,25)(H,26,29)(H,31,32);(H,6,7)/b27-12+;/t13?,17-;/m1./s1. The zero-order chi connectivity index (χ0) is 32.1. The molecule has 13 nitrogen and oxygen atoms in total. The average molecular weight is 658 g/mol. The number of carbonyl (C=O) groups is 4. The smallest absolute Gasteiger partial charge is 0.489 e. The van der Waals surface area contributed by atoms with Crippen molar-refractivity contribution >= 4 is 57.7 Å². The van der Waals surface area contributed by atoms with Gasteiger partial charge in [0, 0.05) is 22.8 Å². The molecule has 232 valence electrons. The summed E-state index contributed by atoms with van der Waals surface area (Å²) in [6.07, 6.45) is -5.08. The predicted octanol–water partition coefficient (Wildman–Crippen LogP) is 2.26. The minimum atomic E-state index is -5.08. The number of rotatable bonds is 9. The lowest BCUT2D eigenvalue weighted by Crippen LogP contribution is -2.71. The van der Waals surface area contributed by atoms with E-state index in [9.17, 15) is 45.8 Å². The van der Waals surface area contributed by atoms with E-state index in [4.69, 9.17) is 20.4 Å². The van der Waals surface area contributed by atoms with E-state index >= 15 is 0 Å². The molecule has 0 radical (unpaired) electrons. The number of halogens is 6. The number of nitrogens with zero attached hydrogens (tertiary/aromatic N) is 3. The molecule has 0 saturated carbocycles. The summed E-state index contributed by atoms with van der Waals surface area (Å²) < 4.78 is 75.6. The van der Waals surface area contributed by atoms with Crippen molar-refractivity contribution in [1.82, 2.24) is 15.2 Å². The predicted molar refractivity (Wildman–Crippen MR) is 135 cm³/mol. The fourth-order valence-corrected chi connectivity index (χ4v) is 5.30. The molecule has 1 unspecified atom stereocenters. The summed E-state index contributed by atoms with van der Waals surface area (Å²) in [4.78, 5) is 55.1. The van der Waals surface area contributed by atoms with Crippen LogP contribution in [0.1, 0.15) is 5.69 Å². The lowest BCUT2D eigenvalue weighted by Gasteiger charge is -2.49. The quantitative estimate of drug-likeness (QED) is 0.134. The number of alkyl halides is 5. The van der Waals surface area contributed by atoms with E-state index in [0.717, 1.165) is 34.1 Å². The van der Waals surface area contributed by atoms with Crippen molar-refractivity contribution in [1.29, 1.82) is 0 Å². The number of thiazole rings is 1. The second kappa shape index (κ2) is 13.6. The van der Waals surface area contributed by atoms with Gasteiger partial charge in [-0.05, 0) is 12.1 Å². The molecular weight excluding hydrogens is 640 g/mol. The zero-order valence-corrected chi connectivity index (χ0v) is 22.5. The number of thioether (sulfide) groups is 1. The van der Waals surface area contributed by atoms with Crippen molar-refractivity contribution in [2.24, 2.45) is 5.16 Å². The lowest BCUT2D eigenvalue weighted by molar-refractivity contribution is -0.192. The lowest BCUT2D eigenvalue weighted by atomic mass is 10.0. The van der Waals surface area contributed by atoms with E-state index in [-0.39, 0.29) is 40.2 Å². The van der Waals surface area contributed by atoms with Crippen LogP contribution in [0.3, 0.4) is 0 Å². The van der Waals surface area contributed by atoms with Gasteiger partial charge in [-0.15, -0.1) is 23.1 Å². The maximum absolute atomic E-state index is 13.4. The molecule has 1 aromatic heterocycles. The first-order chi connectivity index (χ1) is 20.1. The number of amides is 2. The topological polar surface area (TPSA) is 194 Å². The normalized spacial score (nSPS) is 18.3. The number of β-lactam (4-membered cyclic amide) rings is 1. The number of carboxylic acid groups (broad SMARTS) is 2. The Labute approximate surface area is 243 Å². The molecule has 2 aliphatic rings. The molecule has 0 bridgehead atoms. The number of benzene rings is 1. The summed E-state index contributed by atoms with van der Waals surface area (Å²) in [6.45, 7) is -3.52. The Kier molecular flexibility index (Phi) is 10.5. The average Bonchev–Trinajstić information content (AvgIpc) is 3.35. The van der Waals surface area contributed by atoms with Gasteiger partial charge in [0.1, 0.15) is 41.0 Å². The number of fused-ring (bicyclic) bond motifs is 1. The maximum atomic E-state index is 13.4. The number of hydrogen-bond acceptors (Lipinski definition) is 11. The highest BCUT2D eigenvalue weighted by Gasteiger charge is 2.54. The Bertz CT molecular complexity index is 1470. The molecular formula is C22H17F6N5O8S2. The Morgan fingerprint density at radius 3 is 2.47 bits per heavy atom. The fourth-order valence-electron chi connectivity index (χ4n) is 3.42. The molecule has 1 saturated heterocycles. The van der Waals surface area contributed by atoms with Crippen LogP contribution in [0.5, 0.6) is 5.75 Å². The number of nitrogen functional groups attached to an aromatic ring is 1. The SMILES string of the molecule is Nc1nc(/C(=N\OC(F)F)C(=O)NC2C(=O)N3C(C(=O)O)=C(COc4cccc(F)c4)CS[C@H]23)cs1.O=C(O)C(F)(F)F. The molecule has 0 aliphatic carbocycles. The zero-order valence-electron chi connectivity index (χ0n) is 20.9. The van der Waals surface area contributed by atoms with Gasteiger partial charge in [-0.2, -0.15) is 22.0 Å². The summed E-state index contributed by atoms with van der Waals surface area (Å²) in [7, 11) is 0. The highest BCUT2D eigenvalue weighted by atomic mass is 32.2. The first-order valence-electron chi connectivity index (χ1n) is 11.2. The number of oxime groups is 1. The van der Waals surface area contributed by atoms with Gasteiger partial charge in [0.25, 0.3) is 11.8 Å². The summed E-state index contributed by atoms with van der Waals surface area (Å²) in [5, 5.41) is 22.9.